The number of amides is 1. The number of hydrogen-bond donors (Lipinski definition) is 0. The van der Waals surface area contributed by atoms with E-state index in [1.807, 2.05) is 33.1 Å². The molecule has 0 radical (unpaired) electrons. The molecule has 0 unspecified atom stereocenters. The van der Waals surface area contributed by atoms with Gasteiger partial charge in [-0.05, 0) is 55.5 Å². The molecule has 29 heavy (non-hydrogen) atoms. The minimum absolute atomic E-state index is 0.158. The number of aryl methyl sites for hydroxylation is 2. The molecule has 150 valence electrons. The van der Waals surface area contributed by atoms with Gasteiger partial charge in [-0.3, -0.25) is 4.79 Å². The van der Waals surface area contributed by atoms with E-state index in [4.69, 9.17) is 9.97 Å². The minimum atomic E-state index is 0.158. The van der Waals surface area contributed by atoms with Crippen molar-refractivity contribution in [1.82, 2.24) is 14.9 Å². The van der Waals surface area contributed by atoms with Crippen molar-refractivity contribution in [1.29, 1.82) is 0 Å². The van der Waals surface area contributed by atoms with Crippen molar-refractivity contribution in [3.8, 4) is 0 Å². The lowest BCUT2D eigenvalue weighted by Crippen LogP contribution is -2.49. The van der Waals surface area contributed by atoms with Gasteiger partial charge in [-0.15, -0.1) is 11.3 Å². The maximum absolute atomic E-state index is 12.7. The van der Waals surface area contributed by atoms with Crippen LogP contribution in [0.3, 0.4) is 0 Å². The summed E-state index contributed by atoms with van der Waals surface area (Å²) < 4.78 is 0. The zero-order valence-corrected chi connectivity index (χ0v) is 18.0. The lowest BCUT2D eigenvalue weighted by Gasteiger charge is -2.36. The Morgan fingerprint density at radius 3 is 2.66 bits per heavy atom. The van der Waals surface area contributed by atoms with Crippen LogP contribution in [0.1, 0.15) is 58.2 Å². The normalized spacial score (nSPS) is 19.6. The van der Waals surface area contributed by atoms with E-state index in [1.165, 1.54) is 52.8 Å². The second-order valence-electron chi connectivity index (χ2n) is 8.36. The monoisotopic (exact) mass is 424 g/mol. The molecule has 1 saturated heterocycles. The van der Waals surface area contributed by atoms with Crippen LogP contribution in [0.5, 0.6) is 0 Å². The molecule has 0 aromatic carbocycles. The van der Waals surface area contributed by atoms with Crippen molar-refractivity contribution < 1.29 is 4.79 Å². The van der Waals surface area contributed by atoms with Gasteiger partial charge in [0.25, 0.3) is 5.91 Å². The fourth-order valence-corrected chi connectivity index (χ4v) is 6.49. The molecule has 2 aliphatic carbocycles. The Bertz CT molecular complexity index is 1060. The highest BCUT2D eigenvalue weighted by atomic mass is 32.1. The molecule has 1 aliphatic heterocycles. The van der Waals surface area contributed by atoms with Crippen LogP contribution in [-0.4, -0.2) is 47.0 Å². The number of hydrogen-bond acceptors (Lipinski definition) is 6. The van der Waals surface area contributed by atoms with E-state index >= 15 is 0 Å². The van der Waals surface area contributed by atoms with Gasteiger partial charge in [-0.2, -0.15) is 11.3 Å². The largest absolute Gasteiger partial charge is 0.352 e. The van der Waals surface area contributed by atoms with Crippen LogP contribution in [0.15, 0.2) is 16.8 Å². The van der Waals surface area contributed by atoms with Crippen LogP contribution in [0.2, 0.25) is 0 Å². The molecule has 3 aliphatic rings. The first-order valence-corrected chi connectivity index (χ1v) is 12.4. The molecule has 1 amide bonds. The number of rotatable bonds is 3. The molecule has 7 heteroatoms. The summed E-state index contributed by atoms with van der Waals surface area (Å²) in [5.41, 5.74) is 2.32. The van der Waals surface area contributed by atoms with Crippen LogP contribution in [-0.2, 0) is 12.8 Å². The number of anilines is 1. The predicted molar refractivity (Wildman–Crippen MR) is 118 cm³/mol. The van der Waals surface area contributed by atoms with Gasteiger partial charge in [-0.25, -0.2) is 9.97 Å². The van der Waals surface area contributed by atoms with E-state index in [9.17, 15) is 4.79 Å². The second kappa shape index (κ2) is 7.06. The maximum Gasteiger partial charge on any atom is 0.254 e. The highest BCUT2D eigenvalue weighted by Gasteiger charge is 2.32. The number of carbonyl (C=O) groups is 1. The minimum Gasteiger partial charge on any atom is -0.352 e. The molecule has 6 rings (SSSR count). The quantitative estimate of drug-likeness (QED) is 0.622. The molecule has 5 nitrogen and oxygen atoms in total. The fourth-order valence-electron chi connectivity index (χ4n) is 4.60. The molecule has 1 saturated carbocycles. The van der Waals surface area contributed by atoms with Crippen molar-refractivity contribution in [2.24, 2.45) is 0 Å². The van der Waals surface area contributed by atoms with Crippen LogP contribution < -0.4 is 4.90 Å². The molecular formula is C22H24N4OS2. The summed E-state index contributed by atoms with van der Waals surface area (Å²) in [4.78, 5) is 29.9. The number of nitrogens with zero attached hydrogens (tertiary/aromatic N) is 4. The lowest BCUT2D eigenvalue weighted by molar-refractivity contribution is 0.0747. The summed E-state index contributed by atoms with van der Waals surface area (Å²) in [5.74, 6) is 2.89. The molecular weight excluding hydrogens is 400 g/mol. The van der Waals surface area contributed by atoms with Gasteiger partial charge in [0.2, 0.25) is 0 Å². The Labute approximate surface area is 178 Å². The average Bonchev–Trinajstić information content (AvgIpc) is 3.33. The third-order valence-electron chi connectivity index (χ3n) is 6.39. The van der Waals surface area contributed by atoms with Gasteiger partial charge in [0, 0.05) is 42.4 Å². The van der Waals surface area contributed by atoms with Crippen LogP contribution in [0.25, 0.3) is 10.2 Å². The summed E-state index contributed by atoms with van der Waals surface area (Å²) in [5, 5.41) is 5.23. The smallest absolute Gasteiger partial charge is 0.254 e. The molecule has 3 aromatic rings. The molecule has 0 atom stereocenters. The van der Waals surface area contributed by atoms with E-state index in [1.54, 1.807) is 11.3 Å². The first kappa shape index (κ1) is 17.8. The van der Waals surface area contributed by atoms with E-state index in [0.29, 0.717) is 5.92 Å². The standard InChI is InChI=1S/C22H24N4OS2/c27-22(15-7-12-28-13-15)26-10-8-25(9-11-26)20-18-16-3-1-2-4-17(16)29-21(18)24-19(23-20)14-5-6-14/h7,12-14H,1-6,8-11H2. The summed E-state index contributed by atoms with van der Waals surface area (Å²) in [6.07, 6.45) is 7.35. The lowest BCUT2D eigenvalue weighted by atomic mass is 9.97. The van der Waals surface area contributed by atoms with E-state index in [0.717, 1.165) is 49.8 Å². The Morgan fingerprint density at radius 2 is 1.90 bits per heavy atom. The van der Waals surface area contributed by atoms with Crippen molar-refractivity contribution in [3.63, 3.8) is 0 Å². The topological polar surface area (TPSA) is 49.3 Å². The molecule has 0 N–H and O–H groups in total. The molecule has 0 bridgehead atoms. The zero-order valence-electron chi connectivity index (χ0n) is 16.4. The second-order valence-corrected chi connectivity index (χ2v) is 10.2. The van der Waals surface area contributed by atoms with E-state index in [2.05, 4.69) is 4.90 Å². The molecule has 0 spiro atoms. The third kappa shape index (κ3) is 3.15. The Balaban J connectivity index is 1.32. The van der Waals surface area contributed by atoms with Crippen molar-refractivity contribution in [3.05, 3.63) is 38.7 Å². The predicted octanol–water partition coefficient (Wildman–Crippen LogP) is 4.47. The average molecular weight is 425 g/mol. The number of aromatic nitrogens is 2. The SMILES string of the molecule is O=C(c1ccsc1)N1CCN(c2nc(C3CC3)nc3sc4c(c23)CCCC4)CC1. The van der Waals surface area contributed by atoms with Gasteiger partial charge < -0.3 is 9.80 Å². The highest BCUT2D eigenvalue weighted by molar-refractivity contribution is 7.19. The summed E-state index contributed by atoms with van der Waals surface area (Å²) >= 11 is 3.48. The number of carbonyl (C=O) groups excluding carboxylic acids is 1. The van der Waals surface area contributed by atoms with E-state index in [-0.39, 0.29) is 5.91 Å². The van der Waals surface area contributed by atoms with Gasteiger partial charge >= 0.3 is 0 Å². The Morgan fingerprint density at radius 1 is 1.07 bits per heavy atom. The third-order valence-corrected chi connectivity index (χ3v) is 8.26. The van der Waals surface area contributed by atoms with Gasteiger partial charge in [0.05, 0.1) is 10.9 Å². The van der Waals surface area contributed by atoms with E-state index < -0.39 is 0 Å². The Hall–Kier alpha value is -1.99. The first-order chi connectivity index (χ1) is 14.3. The zero-order chi connectivity index (χ0) is 19.4. The van der Waals surface area contributed by atoms with Crippen molar-refractivity contribution >= 4 is 44.6 Å². The first-order valence-electron chi connectivity index (χ1n) is 10.7. The highest BCUT2D eigenvalue weighted by Crippen LogP contribution is 2.44. The molecule has 3 aromatic heterocycles. The number of fused-ring (bicyclic) bond motifs is 3. The maximum atomic E-state index is 12.7. The van der Waals surface area contributed by atoms with Gasteiger partial charge in [0.15, 0.2) is 0 Å². The molecule has 2 fully saturated rings. The molecule has 4 heterocycles. The summed E-state index contributed by atoms with van der Waals surface area (Å²) in [6, 6.07) is 1.92. The number of thiophene rings is 2. The number of piperazine rings is 1. The van der Waals surface area contributed by atoms with Gasteiger partial charge in [0.1, 0.15) is 16.5 Å². The fraction of sp³-hybridized carbons (Fsp3) is 0.500. The van der Waals surface area contributed by atoms with Crippen LogP contribution in [0, 0.1) is 0 Å². The summed E-state index contributed by atoms with van der Waals surface area (Å²) in [7, 11) is 0. The summed E-state index contributed by atoms with van der Waals surface area (Å²) in [6.45, 7) is 3.20. The van der Waals surface area contributed by atoms with Crippen LogP contribution >= 0.6 is 22.7 Å². The van der Waals surface area contributed by atoms with Crippen molar-refractivity contribution in [2.75, 3.05) is 31.1 Å². The van der Waals surface area contributed by atoms with Gasteiger partial charge in [-0.1, -0.05) is 0 Å². The van der Waals surface area contributed by atoms with Crippen molar-refractivity contribution in [2.45, 2.75) is 44.4 Å². The van der Waals surface area contributed by atoms with Crippen LogP contribution in [0.4, 0.5) is 5.82 Å². The Kier molecular flexibility index (Phi) is 4.34.